The first-order valence-electron chi connectivity index (χ1n) is 11.8. The Balaban J connectivity index is 1.42. The van der Waals surface area contributed by atoms with E-state index in [2.05, 4.69) is 46.5 Å². The average Bonchev–Trinajstić information content (AvgIpc) is 3.44. The fourth-order valence-corrected chi connectivity index (χ4v) is 4.32. The van der Waals surface area contributed by atoms with Crippen LogP contribution >= 0.6 is 0 Å². The van der Waals surface area contributed by atoms with Crippen LogP contribution in [0.5, 0.6) is 0 Å². The molecule has 4 rings (SSSR count). The molecule has 6 nitrogen and oxygen atoms in total. The predicted molar refractivity (Wildman–Crippen MR) is 127 cm³/mol. The van der Waals surface area contributed by atoms with E-state index in [1.807, 2.05) is 45.0 Å². The number of hydrogen-bond acceptors (Lipinski definition) is 5. The number of unbranched alkanes of at least 4 members (excludes halogenated alkanes) is 1. The van der Waals surface area contributed by atoms with Crippen LogP contribution in [0.2, 0.25) is 0 Å². The van der Waals surface area contributed by atoms with Crippen LogP contribution in [0, 0.1) is 0 Å². The highest BCUT2D eigenvalue weighted by atomic mass is 16.6. The molecule has 0 spiro atoms. The summed E-state index contributed by atoms with van der Waals surface area (Å²) in [7, 11) is 0. The van der Waals surface area contributed by atoms with Gasteiger partial charge in [0.05, 0.1) is 0 Å². The summed E-state index contributed by atoms with van der Waals surface area (Å²) < 4.78 is 11.3. The lowest BCUT2D eigenvalue weighted by atomic mass is 9.96. The van der Waals surface area contributed by atoms with Crippen LogP contribution in [0.4, 0.5) is 4.79 Å². The molecule has 6 heteroatoms. The van der Waals surface area contributed by atoms with Gasteiger partial charge in [-0.25, -0.2) is 4.79 Å². The van der Waals surface area contributed by atoms with Gasteiger partial charge in [-0.3, -0.25) is 4.90 Å². The summed E-state index contributed by atoms with van der Waals surface area (Å²) in [6, 6.07) is 20.5. The lowest BCUT2D eigenvalue weighted by molar-refractivity contribution is 0.0198. The van der Waals surface area contributed by atoms with Gasteiger partial charge < -0.3 is 9.26 Å². The van der Waals surface area contributed by atoms with Gasteiger partial charge in [0.1, 0.15) is 11.6 Å². The van der Waals surface area contributed by atoms with Crippen LogP contribution in [-0.2, 0) is 17.6 Å². The Morgan fingerprint density at radius 3 is 2.39 bits per heavy atom. The second-order valence-corrected chi connectivity index (χ2v) is 9.73. The van der Waals surface area contributed by atoms with Crippen molar-refractivity contribution in [3.05, 3.63) is 83.5 Å². The summed E-state index contributed by atoms with van der Waals surface area (Å²) in [4.78, 5) is 19.4. The number of likely N-dealkylation sites (tertiary alicyclic amines) is 1. The normalized spacial score (nSPS) is 18.5. The van der Waals surface area contributed by atoms with Gasteiger partial charge in [0.25, 0.3) is 0 Å². The Kier molecular flexibility index (Phi) is 7.11. The number of carbonyl (C=O) groups excluding carboxylic acids is 1. The fourth-order valence-electron chi connectivity index (χ4n) is 4.32. The van der Waals surface area contributed by atoms with Gasteiger partial charge in [-0.1, -0.05) is 65.8 Å². The lowest BCUT2D eigenvalue weighted by Crippen LogP contribution is -2.36. The molecule has 1 aliphatic heterocycles. The number of hydrogen-bond donors (Lipinski definition) is 0. The number of nitrogens with zero attached hydrogens (tertiary/aromatic N) is 3. The lowest BCUT2D eigenvalue weighted by Gasteiger charge is -2.27. The molecule has 2 atom stereocenters. The van der Waals surface area contributed by atoms with Crippen LogP contribution in [0.25, 0.3) is 0 Å². The summed E-state index contributed by atoms with van der Waals surface area (Å²) >= 11 is 0. The summed E-state index contributed by atoms with van der Waals surface area (Å²) in [6.45, 7) is 6.21. The third kappa shape index (κ3) is 6.21. The van der Waals surface area contributed by atoms with Gasteiger partial charge in [0.15, 0.2) is 5.82 Å². The fraction of sp³-hybridized carbons (Fsp3) is 0.444. The number of carbonyl (C=O) groups is 1. The average molecular weight is 448 g/mol. The second kappa shape index (κ2) is 10.2. The van der Waals surface area contributed by atoms with Crippen LogP contribution in [0.3, 0.4) is 0 Å². The monoisotopic (exact) mass is 447 g/mol. The van der Waals surface area contributed by atoms with E-state index in [-0.39, 0.29) is 18.1 Å². The number of aromatic nitrogens is 2. The van der Waals surface area contributed by atoms with Gasteiger partial charge >= 0.3 is 6.09 Å². The molecule has 0 aliphatic carbocycles. The minimum absolute atomic E-state index is 0.199. The van der Waals surface area contributed by atoms with Crippen molar-refractivity contribution in [1.29, 1.82) is 0 Å². The van der Waals surface area contributed by atoms with Gasteiger partial charge in [-0.05, 0) is 57.6 Å². The van der Waals surface area contributed by atoms with Crippen LogP contribution in [-0.4, -0.2) is 33.3 Å². The molecular weight excluding hydrogens is 414 g/mol. The molecule has 1 fully saturated rings. The minimum Gasteiger partial charge on any atom is -0.444 e. The van der Waals surface area contributed by atoms with Gasteiger partial charge in [0.2, 0.25) is 5.89 Å². The Morgan fingerprint density at radius 2 is 1.70 bits per heavy atom. The van der Waals surface area contributed by atoms with Crippen molar-refractivity contribution in [2.24, 2.45) is 0 Å². The number of benzene rings is 2. The number of rotatable bonds is 7. The highest BCUT2D eigenvalue weighted by Crippen LogP contribution is 2.40. The Hall–Kier alpha value is -3.15. The summed E-state index contributed by atoms with van der Waals surface area (Å²) in [5.74, 6) is 1.40. The van der Waals surface area contributed by atoms with Crippen molar-refractivity contribution in [3.63, 3.8) is 0 Å². The third-order valence-corrected chi connectivity index (χ3v) is 5.93. The number of aryl methyl sites for hydroxylation is 2. The summed E-state index contributed by atoms with van der Waals surface area (Å²) in [5, 5.41) is 4.21. The molecule has 0 saturated carbocycles. The van der Waals surface area contributed by atoms with E-state index in [1.165, 1.54) is 11.1 Å². The predicted octanol–water partition coefficient (Wildman–Crippen LogP) is 6.10. The van der Waals surface area contributed by atoms with E-state index in [0.29, 0.717) is 18.3 Å². The van der Waals surface area contributed by atoms with Crippen molar-refractivity contribution < 1.29 is 14.1 Å². The molecule has 3 aromatic rings. The zero-order valence-corrected chi connectivity index (χ0v) is 19.7. The smallest absolute Gasteiger partial charge is 0.410 e. The van der Waals surface area contributed by atoms with Crippen molar-refractivity contribution in [2.45, 2.75) is 70.4 Å². The zero-order valence-electron chi connectivity index (χ0n) is 19.7. The molecule has 0 N–H and O–H groups in total. The highest BCUT2D eigenvalue weighted by Gasteiger charge is 2.41. The van der Waals surface area contributed by atoms with Gasteiger partial charge in [-0.2, -0.15) is 4.98 Å². The zero-order chi connectivity index (χ0) is 23.3. The number of amides is 1. The molecule has 1 saturated heterocycles. The van der Waals surface area contributed by atoms with Crippen LogP contribution in [0.1, 0.15) is 74.8 Å². The van der Waals surface area contributed by atoms with Crippen molar-refractivity contribution in [1.82, 2.24) is 15.0 Å². The van der Waals surface area contributed by atoms with E-state index >= 15 is 0 Å². The van der Waals surface area contributed by atoms with E-state index in [0.717, 1.165) is 32.1 Å². The third-order valence-electron chi connectivity index (χ3n) is 5.93. The molecule has 1 amide bonds. The van der Waals surface area contributed by atoms with Crippen LogP contribution < -0.4 is 0 Å². The standard InChI is InChI=1S/C27H33N3O3/c1-27(2,3)32-26(31)30-19-22(21-15-8-5-9-16-21)18-23(30)25-28-24(29-33-25)17-11-10-14-20-12-6-4-7-13-20/h4-9,12-13,15-16,22-23H,10-11,14,17-19H2,1-3H3/t22-,23+/m1/s1. The molecule has 0 radical (unpaired) electrons. The van der Waals surface area contributed by atoms with E-state index in [9.17, 15) is 4.79 Å². The topological polar surface area (TPSA) is 68.5 Å². The molecule has 2 aromatic carbocycles. The Morgan fingerprint density at radius 1 is 1.03 bits per heavy atom. The molecule has 1 aliphatic rings. The molecule has 0 bridgehead atoms. The first-order chi connectivity index (χ1) is 15.9. The first-order valence-corrected chi connectivity index (χ1v) is 11.8. The maximum Gasteiger partial charge on any atom is 0.410 e. The van der Waals surface area contributed by atoms with Crippen LogP contribution in [0.15, 0.2) is 65.2 Å². The Bertz CT molecular complexity index is 1030. The number of ether oxygens (including phenoxy) is 1. The van der Waals surface area contributed by atoms with Crippen molar-refractivity contribution in [2.75, 3.05) is 6.54 Å². The first kappa shape index (κ1) is 23.0. The van der Waals surface area contributed by atoms with E-state index in [4.69, 9.17) is 9.26 Å². The van der Waals surface area contributed by atoms with Crippen molar-refractivity contribution >= 4 is 6.09 Å². The van der Waals surface area contributed by atoms with E-state index in [1.54, 1.807) is 4.90 Å². The van der Waals surface area contributed by atoms with Crippen molar-refractivity contribution in [3.8, 4) is 0 Å². The maximum atomic E-state index is 13.0. The largest absolute Gasteiger partial charge is 0.444 e. The molecule has 2 heterocycles. The molecule has 0 unspecified atom stereocenters. The Labute approximate surface area is 196 Å². The molecule has 1 aromatic heterocycles. The summed E-state index contributed by atoms with van der Waals surface area (Å²) in [5.41, 5.74) is 1.98. The second-order valence-electron chi connectivity index (χ2n) is 9.73. The minimum atomic E-state index is -0.564. The molecule has 33 heavy (non-hydrogen) atoms. The SMILES string of the molecule is CC(C)(C)OC(=O)N1C[C@H](c2ccccc2)C[C@H]1c1nc(CCCCc2ccccc2)no1. The maximum absolute atomic E-state index is 13.0. The van der Waals surface area contributed by atoms with Gasteiger partial charge in [-0.15, -0.1) is 0 Å². The summed E-state index contributed by atoms with van der Waals surface area (Å²) in [6.07, 6.45) is 4.25. The molecular formula is C27H33N3O3. The quantitative estimate of drug-likeness (QED) is 0.409. The van der Waals surface area contributed by atoms with E-state index < -0.39 is 5.60 Å². The van der Waals surface area contributed by atoms with Gasteiger partial charge in [0, 0.05) is 18.9 Å². The molecule has 174 valence electrons. The highest BCUT2D eigenvalue weighted by molar-refractivity contribution is 5.69.